The van der Waals surface area contributed by atoms with E-state index in [2.05, 4.69) is 15.6 Å². The first-order valence-electron chi connectivity index (χ1n) is 9.97. The van der Waals surface area contributed by atoms with Gasteiger partial charge in [-0.25, -0.2) is 4.98 Å². The number of halogens is 2. The van der Waals surface area contributed by atoms with Crippen LogP contribution >= 0.6 is 23.2 Å². The van der Waals surface area contributed by atoms with Crippen LogP contribution in [-0.4, -0.2) is 22.8 Å². The molecule has 166 valence electrons. The van der Waals surface area contributed by atoms with E-state index in [1.54, 1.807) is 37.4 Å². The molecule has 0 aliphatic rings. The summed E-state index contributed by atoms with van der Waals surface area (Å²) in [5.74, 6) is 0.401. The average Bonchev–Trinajstić information content (AvgIpc) is 2.77. The summed E-state index contributed by atoms with van der Waals surface area (Å²) in [4.78, 5) is 29.1. The van der Waals surface area contributed by atoms with Crippen LogP contribution < -0.4 is 15.4 Å². The highest BCUT2D eigenvalue weighted by atomic mass is 35.5. The van der Waals surface area contributed by atoms with Gasteiger partial charge < -0.3 is 15.4 Å². The second-order valence-electron chi connectivity index (χ2n) is 7.39. The summed E-state index contributed by atoms with van der Waals surface area (Å²) in [6.45, 7) is 5.82. The van der Waals surface area contributed by atoms with Crippen molar-refractivity contribution in [3.63, 3.8) is 0 Å². The molecule has 2 amide bonds. The average molecular weight is 472 g/mol. The fraction of sp³-hybridized carbons (Fsp3) is 0.208. The maximum Gasteiger partial charge on any atom is 0.253 e. The number of carbonyl (C=O) groups excluding carboxylic acids is 2. The normalized spacial score (nSPS) is 11.5. The van der Waals surface area contributed by atoms with E-state index in [4.69, 9.17) is 27.9 Å². The molecule has 1 aromatic heterocycles. The van der Waals surface area contributed by atoms with Gasteiger partial charge in [0, 0.05) is 18.8 Å². The van der Waals surface area contributed by atoms with Crippen LogP contribution in [-0.2, 0) is 11.3 Å². The molecule has 0 fully saturated rings. The number of hydrogen-bond donors (Lipinski definition) is 2. The molecule has 32 heavy (non-hydrogen) atoms. The molecule has 0 aliphatic carbocycles. The Labute approximate surface area is 196 Å². The van der Waals surface area contributed by atoms with Gasteiger partial charge in [0.15, 0.2) is 0 Å². The number of benzene rings is 2. The molecule has 0 spiro atoms. The Balaban J connectivity index is 1.53. The SMILES string of the molecule is Cc1ccc(C)c(Oc2ccc(CNC(=O)C(C)NC(=O)c3cccc(Cl)c3Cl)cn2)c1. The minimum absolute atomic E-state index is 0.147. The predicted octanol–water partition coefficient (Wildman–Crippen LogP) is 5.23. The highest BCUT2D eigenvalue weighted by molar-refractivity contribution is 6.43. The second-order valence-corrected chi connectivity index (χ2v) is 8.18. The van der Waals surface area contributed by atoms with Gasteiger partial charge in [0.2, 0.25) is 11.8 Å². The molecule has 1 atom stereocenters. The van der Waals surface area contributed by atoms with Crippen molar-refractivity contribution in [1.29, 1.82) is 0 Å². The van der Waals surface area contributed by atoms with Crippen molar-refractivity contribution in [2.24, 2.45) is 0 Å². The number of rotatable bonds is 7. The molecule has 0 saturated heterocycles. The zero-order chi connectivity index (χ0) is 23.3. The van der Waals surface area contributed by atoms with Crippen LogP contribution in [0.25, 0.3) is 0 Å². The van der Waals surface area contributed by atoms with Gasteiger partial charge in [-0.3, -0.25) is 9.59 Å². The summed E-state index contributed by atoms with van der Waals surface area (Å²) >= 11 is 12.0. The van der Waals surface area contributed by atoms with Gasteiger partial charge >= 0.3 is 0 Å². The third-order valence-electron chi connectivity index (χ3n) is 4.76. The number of ether oxygens (including phenoxy) is 1. The van der Waals surface area contributed by atoms with Crippen molar-refractivity contribution in [1.82, 2.24) is 15.6 Å². The number of carbonyl (C=O) groups is 2. The van der Waals surface area contributed by atoms with E-state index >= 15 is 0 Å². The van der Waals surface area contributed by atoms with Gasteiger partial charge in [0.05, 0.1) is 15.6 Å². The van der Waals surface area contributed by atoms with Crippen LogP contribution in [0.2, 0.25) is 10.0 Å². The second kappa shape index (κ2) is 10.5. The molecule has 3 rings (SSSR count). The van der Waals surface area contributed by atoms with Crippen LogP contribution in [0.4, 0.5) is 0 Å². The largest absolute Gasteiger partial charge is 0.439 e. The van der Waals surface area contributed by atoms with Crippen LogP contribution in [0.3, 0.4) is 0 Å². The molecule has 0 bridgehead atoms. The lowest BCUT2D eigenvalue weighted by molar-refractivity contribution is -0.122. The van der Waals surface area contributed by atoms with Gasteiger partial charge in [-0.2, -0.15) is 0 Å². The van der Waals surface area contributed by atoms with Crippen LogP contribution in [0.5, 0.6) is 11.6 Å². The fourth-order valence-electron chi connectivity index (χ4n) is 2.87. The monoisotopic (exact) mass is 471 g/mol. The van der Waals surface area contributed by atoms with E-state index in [0.717, 1.165) is 22.4 Å². The molecule has 0 radical (unpaired) electrons. The minimum atomic E-state index is -0.766. The molecule has 0 aliphatic heterocycles. The molecule has 2 aromatic carbocycles. The van der Waals surface area contributed by atoms with Crippen molar-refractivity contribution in [2.75, 3.05) is 0 Å². The van der Waals surface area contributed by atoms with E-state index < -0.39 is 11.9 Å². The summed E-state index contributed by atoms with van der Waals surface area (Å²) in [5, 5.41) is 5.81. The van der Waals surface area contributed by atoms with Gasteiger partial charge in [0.1, 0.15) is 11.8 Å². The van der Waals surface area contributed by atoms with Gasteiger partial charge in [-0.15, -0.1) is 0 Å². The summed E-state index contributed by atoms with van der Waals surface area (Å²) in [7, 11) is 0. The number of nitrogens with zero attached hydrogens (tertiary/aromatic N) is 1. The third-order valence-corrected chi connectivity index (χ3v) is 5.58. The Morgan fingerprint density at radius 2 is 1.88 bits per heavy atom. The van der Waals surface area contributed by atoms with E-state index in [9.17, 15) is 9.59 Å². The van der Waals surface area contributed by atoms with Crippen LogP contribution in [0.15, 0.2) is 54.7 Å². The molecular formula is C24H23Cl2N3O3. The first kappa shape index (κ1) is 23.6. The number of hydrogen-bond acceptors (Lipinski definition) is 4. The van der Waals surface area contributed by atoms with E-state index in [1.165, 1.54) is 0 Å². The molecule has 6 nitrogen and oxygen atoms in total. The third kappa shape index (κ3) is 5.99. The zero-order valence-corrected chi connectivity index (χ0v) is 19.4. The molecule has 8 heteroatoms. The molecule has 1 unspecified atom stereocenters. The maximum absolute atomic E-state index is 12.4. The molecule has 0 saturated carbocycles. The summed E-state index contributed by atoms with van der Waals surface area (Å²) in [5.41, 5.74) is 3.12. The number of pyridine rings is 1. The summed E-state index contributed by atoms with van der Waals surface area (Å²) in [6.07, 6.45) is 1.63. The Kier molecular flexibility index (Phi) is 7.72. The lowest BCUT2D eigenvalue weighted by atomic mass is 10.1. The fourth-order valence-corrected chi connectivity index (χ4v) is 3.25. The first-order chi connectivity index (χ1) is 15.2. The molecular weight excluding hydrogens is 449 g/mol. The van der Waals surface area contributed by atoms with Crippen molar-refractivity contribution in [3.05, 3.63) is 87.0 Å². The highest BCUT2D eigenvalue weighted by Crippen LogP contribution is 2.26. The number of aryl methyl sites for hydroxylation is 2. The van der Waals surface area contributed by atoms with E-state index in [-0.39, 0.29) is 28.1 Å². The van der Waals surface area contributed by atoms with E-state index in [0.29, 0.717) is 5.88 Å². The standard InChI is InChI=1S/C24H23Cl2N3O3/c1-14-7-8-15(2)20(11-14)32-21-10-9-17(12-27-21)13-28-23(30)16(3)29-24(31)18-5-4-6-19(25)22(18)26/h4-12,16H,13H2,1-3H3,(H,28,30)(H,29,31). The van der Waals surface area contributed by atoms with Gasteiger partial charge in [0.25, 0.3) is 5.91 Å². The highest BCUT2D eigenvalue weighted by Gasteiger charge is 2.19. The van der Waals surface area contributed by atoms with Crippen molar-refractivity contribution in [2.45, 2.75) is 33.4 Å². The Morgan fingerprint density at radius 1 is 1.09 bits per heavy atom. The summed E-state index contributed by atoms with van der Waals surface area (Å²) in [6, 6.07) is 13.5. The molecule has 2 N–H and O–H groups in total. The zero-order valence-electron chi connectivity index (χ0n) is 17.9. The minimum Gasteiger partial charge on any atom is -0.439 e. The van der Waals surface area contributed by atoms with Crippen LogP contribution in [0.1, 0.15) is 34.0 Å². The maximum atomic E-state index is 12.4. The topological polar surface area (TPSA) is 80.3 Å². The lowest BCUT2D eigenvalue weighted by Crippen LogP contribution is -2.44. The first-order valence-corrected chi connectivity index (χ1v) is 10.7. The summed E-state index contributed by atoms with van der Waals surface area (Å²) < 4.78 is 5.85. The van der Waals surface area contributed by atoms with Gasteiger partial charge in [-0.05, 0) is 55.7 Å². The molecule has 1 heterocycles. The number of amides is 2. The van der Waals surface area contributed by atoms with Gasteiger partial charge in [-0.1, -0.05) is 47.5 Å². The molecule has 3 aromatic rings. The Hall–Kier alpha value is -3.09. The Bertz CT molecular complexity index is 1130. The lowest BCUT2D eigenvalue weighted by Gasteiger charge is -2.15. The van der Waals surface area contributed by atoms with Crippen LogP contribution in [0, 0.1) is 13.8 Å². The van der Waals surface area contributed by atoms with E-state index in [1.807, 2.05) is 38.1 Å². The number of nitrogens with one attached hydrogen (secondary N) is 2. The van der Waals surface area contributed by atoms with Crippen molar-refractivity contribution >= 4 is 35.0 Å². The quantitative estimate of drug-likeness (QED) is 0.494. The smallest absolute Gasteiger partial charge is 0.253 e. The van der Waals surface area contributed by atoms with Crippen molar-refractivity contribution in [3.8, 4) is 11.6 Å². The Morgan fingerprint density at radius 3 is 2.59 bits per heavy atom. The predicted molar refractivity (Wildman–Crippen MR) is 125 cm³/mol. The number of aromatic nitrogens is 1. The van der Waals surface area contributed by atoms with Crippen molar-refractivity contribution < 1.29 is 14.3 Å².